The normalized spacial score (nSPS) is 8.36. The molecule has 0 saturated carbocycles. The van der Waals surface area contributed by atoms with Crippen LogP contribution in [0.3, 0.4) is 0 Å². The number of hydrogen-bond donors (Lipinski definition) is 2. The van der Waals surface area contributed by atoms with E-state index in [2.05, 4.69) is 11.3 Å². The molecule has 0 atom stereocenters. The molecule has 0 heterocycles. The van der Waals surface area contributed by atoms with Crippen LogP contribution in [0.4, 0.5) is 0 Å². The first-order valence-electron chi connectivity index (χ1n) is 3.32. The summed E-state index contributed by atoms with van der Waals surface area (Å²) in [5.74, 6) is -2.84. The molecule has 0 rings (SSSR count). The smallest absolute Gasteiger partial charge is 0.328 e. The van der Waals surface area contributed by atoms with Gasteiger partial charge in [-0.2, -0.15) is 0 Å². The van der Waals surface area contributed by atoms with Crippen LogP contribution in [0, 0.1) is 0 Å². The predicted octanol–water partition coefficient (Wildman–Crippen LogP) is 0.405. The fourth-order valence-electron chi connectivity index (χ4n) is 0.260. The summed E-state index contributed by atoms with van der Waals surface area (Å²) < 4.78 is 4.17. The summed E-state index contributed by atoms with van der Waals surface area (Å²) in [5, 5.41) is 15.6. The highest BCUT2D eigenvalue weighted by atomic mass is 16.5. The van der Waals surface area contributed by atoms with E-state index < -0.39 is 11.9 Å². The van der Waals surface area contributed by atoms with Crippen molar-refractivity contribution in [2.45, 2.75) is 6.92 Å². The summed E-state index contributed by atoms with van der Waals surface area (Å²) in [6.07, 6.45) is 2.22. The zero-order valence-corrected chi connectivity index (χ0v) is 7.47. The Morgan fingerprint density at radius 2 is 1.50 bits per heavy atom. The number of ether oxygens (including phenoxy) is 1. The Bertz CT molecular complexity index is 237. The molecule has 0 radical (unpaired) electrons. The van der Waals surface area contributed by atoms with Crippen LogP contribution in [0.15, 0.2) is 25.0 Å². The third-order valence-corrected chi connectivity index (χ3v) is 0.618. The largest absolute Gasteiger partial charge is 0.478 e. The number of rotatable bonds is 3. The van der Waals surface area contributed by atoms with E-state index in [9.17, 15) is 14.4 Å². The number of carbonyl (C=O) groups is 3. The van der Waals surface area contributed by atoms with Crippen molar-refractivity contribution in [1.82, 2.24) is 0 Å². The average Bonchev–Trinajstić information content (AvgIpc) is 2.01. The highest BCUT2D eigenvalue weighted by molar-refractivity contribution is 5.89. The van der Waals surface area contributed by atoms with Gasteiger partial charge in [0, 0.05) is 19.1 Å². The fraction of sp³-hybridized carbons (Fsp3) is 0.125. The van der Waals surface area contributed by atoms with Crippen molar-refractivity contribution >= 4 is 17.9 Å². The first kappa shape index (κ1) is 14.4. The summed E-state index contributed by atoms with van der Waals surface area (Å²) in [5.41, 5.74) is 0. The number of esters is 1. The van der Waals surface area contributed by atoms with Crippen molar-refractivity contribution in [2.24, 2.45) is 0 Å². The average molecular weight is 202 g/mol. The van der Waals surface area contributed by atoms with Gasteiger partial charge in [-0.25, -0.2) is 9.59 Å². The molecule has 0 aromatic rings. The first-order valence-corrected chi connectivity index (χ1v) is 3.32. The van der Waals surface area contributed by atoms with E-state index >= 15 is 0 Å². The van der Waals surface area contributed by atoms with Gasteiger partial charge in [-0.1, -0.05) is 6.58 Å². The summed E-state index contributed by atoms with van der Waals surface area (Å²) in [6, 6.07) is 0. The Kier molecular flexibility index (Phi) is 9.25. The molecule has 6 nitrogen and oxygen atoms in total. The Morgan fingerprint density at radius 3 is 1.57 bits per heavy atom. The maximum absolute atomic E-state index is 9.75. The molecule has 78 valence electrons. The Hall–Kier alpha value is -2.11. The molecule has 0 aliphatic rings. The molecule has 0 fully saturated rings. The van der Waals surface area contributed by atoms with Gasteiger partial charge in [-0.05, 0) is 0 Å². The molecule has 0 aliphatic heterocycles. The minimum absolute atomic E-state index is 0.329. The van der Waals surface area contributed by atoms with Gasteiger partial charge in [-0.15, -0.1) is 0 Å². The monoisotopic (exact) mass is 202 g/mol. The molecule has 6 heteroatoms. The van der Waals surface area contributed by atoms with E-state index in [1.54, 1.807) is 0 Å². The molecule has 0 aromatic carbocycles. The van der Waals surface area contributed by atoms with Gasteiger partial charge in [-0.3, -0.25) is 4.79 Å². The van der Waals surface area contributed by atoms with Gasteiger partial charge in [0.2, 0.25) is 0 Å². The van der Waals surface area contributed by atoms with Crippen LogP contribution in [-0.2, 0) is 19.1 Å². The van der Waals surface area contributed by atoms with Crippen molar-refractivity contribution in [2.75, 3.05) is 0 Å². The number of carboxylic acid groups (broad SMARTS) is 2. The van der Waals surface area contributed by atoms with Crippen LogP contribution in [0.1, 0.15) is 6.92 Å². The zero-order valence-electron chi connectivity index (χ0n) is 7.47. The number of hydrogen-bond acceptors (Lipinski definition) is 4. The van der Waals surface area contributed by atoms with Crippen LogP contribution < -0.4 is 0 Å². The molecule has 0 spiro atoms. The lowest BCUT2D eigenvalue weighted by Crippen LogP contribution is -1.91. The van der Waals surface area contributed by atoms with Crippen molar-refractivity contribution in [3.05, 3.63) is 25.0 Å². The van der Waals surface area contributed by atoms with Crippen LogP contribution >= 0.6 is 0 Å². The van der Waals surface area contributed by atoms with Crippen LogP contribution in [0.2, 0.25) is 0 Å². The topological polar surface area (TPSA) is 101 Å². The van der Waals surface area contributed by atoms with Gasteiger partial charge in [0.15, 0.2) is 0 Å². The summed E-state index contributed by atoms with van der Waals surface area (Å²) >= 11 is 0. The molecule has 0 aromatic heterocycles. The molecule has 0 aliphatic carbocycles. The third kappa shape index (κ3) is 22.5. The molecule has 14 heavy (non-hydrogen) atoms. The lowest BCUT2D eigenvalue weighted by atomic mass is 10.5. The Labute approximate surface area is 80.1 Å². The molecule has 0 saturated heterocycles. The standard InChI is InChI=1S/C4H4O4.C4H6O2/c5-3(6)1-2-4(7)8;1-3-6-4(2)5/h1-2H,(H,5,6)(H,7,8);3H,1H2,2H3/b2-1-;. The molecule has 2 N–H and O–H groups in total. The molecular formula is C8H10O6. The molecule has 0 amide bonds. The Morgan fingerprint density at radius 1 is 1.14 bits per heavy atom. The lowest BCUT2D eigenvalue weighted by Gasteiger charge is -1.83. The molecule has 0 unspecified atom stereocenters. The maximum Gasteiger partial charge on any atom is 0.328 e. The minimum atomic E-state index is -1.26. The highest BCUT2D eigenvalue weighted by Gasteiger charge is 1.88. The van der Waals surface area contributed by atoms with Gasteiger partial charge in [0.05, 0.1) is 6.26 Å². The lowest BCUT2D eigenvalue weighted by molar-refractivity contribution is -0.135. The summed E-state index contributed by atoms with van der Waals surface area (Å²) in [6.45, 7) is 4.48. The van der Waals surface area contributed by atoms with E-state index in [1.807, 2.05) is 0 Å². The van der Waals surface area contributed by atoms with Crippen LogP contribution in [0.25, 0.3) is 0 Å². The summed E-state index contributed by atoms with van der Waals surface area (Å²) in [4.78, 5) is 28.9. The van der Waals surface area contributed by atoms with Crippen molar-refractivity contribution in [3.63, 3.8) is 0 Å². The van der Waals surface area contributed by atoms with Crippen LogP contribution in [-0.4, -0.2) is 28.1 Å². The second kappa shape index (κ2) is 8.98. The second-order valence-electron chi connectivity index (χ2n) is 1.79. The van der Waals surface area contributed by atoms with Crippen LogP contribution in [0.5, 0.6) is 0 Å². The van der Waals surface area contributed by atoms with E-state index in [-0.39, 0.29) is 5.97 Å². The van der Waals surface area contributed by atoms with Gasteiger partial charge in [0.25, 0.3) is 0 Å². The Balaban J connectivity index is 0. The van der Waals surface area contributed by atoms with E-state index in [1.165, 1.54) is 6.92 Å². The van der Waals surface area contributed by atoms with Crippen molar-refractivity contribution < 1.29 is 29.3 Å². The SMILES string of the molecule is C=COC(C)=O.O=C(O)/C=C\C(=O)O. The minimum Gasteiger partial charge on any atom is -0.478 e. The second-order valence-corrected chi connectivity index (χ2v) is 1.79. The van der Waals surface area contributed by atoms with Crippen molar-refractivity contribution in [1.29, 1.82) is 0 Å². The van der Waals surface area contributed by atoms with E-state index in [4.69, 9.17) is 10.2 Å². The number of aliphatic carboxylic acids is 2. The molecular weight excluding hydrogens is 192 g/mol. The zero-order chi connectivity index (χ0) is 11.6. The third-order valence-electron chi connectivity index (χ3n) is 0.618. The van der Waals surface area contributed by atoms with E-state index in [0.717, 1.165) is 6.26 Å². The van der Waals surface area contributed by atoms with Gasteiger partial charge in [0.1, 0.15) is 0 Å². The molecule has 0 bridgehead atoms. The number of carbonyl (C=O) groups excluding carboxylic acids is 1. The van der Waals surface area contributed by atoms with Crippen molar-refractivity contribution in [3.8, 4) is 0 Å². The maximum atomic E-state index is 9.75. The summed E-state index contributed by atoms with van der Waals surface area (Å²) in [7, 11) is 0. The van der Waals surface area contributed by atoms with Gasteiger partial charge < -0.3 is 14.9 Å². The quantitative estimate of drug-likeness (QED) is 0.390. The fourth-order valence-corrected chi connectivity index (χ4v) is 0.260. The highest BCUT2D eigenvalue weighted by Crippen LogP contribution is 1.71. The predicted molar refractivity (Wildman–Crippen MR) is 46.4 cm³/mol. The first-order chi connectivity index (χ1) is 6.40. The van der Waals surface area contributed by atoms with Gasteiger partial charge >= 0.3 is 17.9 Å². The van der Waals surface area contributed by atoms with E-state index in [0.29, 0.717) is 12.2 Å². The number of carboxylic acids is 2.